The molecule has 0 aromatic rings. The molecule has 2 fully saturated rings. The third-order valence-corrected chi connectivity index (χ3v) is 8.87. The van der Waals surface area contributed by atoms with Crippen molar-refractivity contribution < 1.29 is 15.3 Å². The standard InChI is InChI=1S/C21H34O3/c1-13(22)21(24)11-8-18-16-5-4-14-12-15(23)6-9-19(14,2)17(16)7-10-20(18,21)3/h13-15,18,22-24H,4-12H2,1-3H3/t13?,14-,15-,18+,19+,20+,21+/m1/s1. The lowest BCUT2D eigenvalue weighted by Crippen LogP contribution is -2.55. The van der Waals surface area contributed by atoms with Gasteiger partial charge in [-0.1, -0.05) is 25.0 Å². The molecule has 0 aromatic heterocycles. The molecule has 4 rings (SSSR count). The fourth-order valence-corrected chi connectivity index (χ4v) is 7.18. The van der Waals surface area contributed by atoms with Crippen molar-refractivity contribution in [2.75, 3.05) is 0 Å². The first-order valence-corrected chi connectivity index (χ1v) is 10.0. The number of aliphatic hydroxyl groups is 3. The summed E-state index contributed by atoms with van der Waals surface area (Å²) in [6.07, 6.45) is 8.37. The summed E-state index contributed by atoms with van der Waals surface area (Å²) in [4.78, 5) is 0. The van der Waals surface area contributed by atoms with E-state index >= 15 is 0 Å². The molecule has 4 aliphatic rings. The van der Waals surface area contributed by atoms with E-state index in [9.17, 15) is 15.3 Å². The van der Waals surface area contributed by atoms with E-state index in [2.05, 4.69) is 13.8 Å². The Balaban J connectivity index is 1.73. The average molecular weight is 335 g/mol. The molecule has 3 N–H and O–H groups in total. The van der Waals surface area contributed by atoms with Crippen LogP contribution in [0.25, 0.3) is 0 Å². The highest BCUT2D eigenvalue weighted by molar-refractivity contribution is 5.36. The summed E-state index contributed by atoms with van der Waals surface area (Å²) in [6.45, 7) is 6.43. The number of fused-ring (bicyclic) bond motifs is 4. The normalized spacial score (nSPS) is 52.5. The summed E-state index contributed by atoms with van der Waals surface area (Å²) >= 11 is 0. The van der Waals surface area contributed by atoms with Crippen molar-refractivity contribution in [2.45, 2.75) is 96.4 Å². The number of hydrogen-bond acceptors (Lipinski definition) is 3. The molecule has 0 heterocycles. The maximum absolute atomic E-state index is 11.2. The molecule has 0 spiro atoms. The van der Waals surface area contributed by atoms with Gasteiger partial charge in [0.05, 0.1) is 17.8 Å². The van der Waals surface area contributed by atoms with Crippen LogP contribution in [0.2, 0.25) is 0 Å². The average Bonchev–Trinajstić information content (AvgIpc) is 2.81. The topological polar surface area (TPSA) is 60.7 Å². The van der Waals surface area contributed by atoms with Crippen LogP contribution in [0, 0.1) is 22.7 Å². The molecule has 0 amide bonds. The van der Waals surface area contributed by atoms with Crippen LogP contribution in [0.3, 0.4) is 0 Å². The molecular formula is C21H34O3. The second-order valence-electron chi connectivity index (χ2n) is 9.69. The highest BCUT2D eigenvalue weighted by atomic mass is 16.3. The van der Waals surface area contributed by atoms with Gasteiger partial charge in [0.25, 0.3) is 0 Å². The molecule has 0 radical (unpaired) electrons. The number of aliphatic hydroxyl groups excluding tert-OH is 2. The minimum absolute atomic E-state index is 0.106. The van der Waals surface area contributed by atoms with Crippen molar-refractivity contribution in [2.24, 2.45) is 22.7 Å². The molecule has 0 aromatic carbocycles. The molecule has 1 unspecified atom stereocenters. The van der Waals surface area contributed by atoms with Gasteiger partial charge >= 0.3 is 0 Å². The SMILES string of the molecule is CC(O)[C@@]1(O)CC[C@H]2C3=C(CC[C@@]21C)[C@@]1(C)CC[C@@H](O)C[C@H]1CC3. The molecule has 7 atom stereocenters. The predicted molar refractivity (Wildman–Crippen MR) is 94.4 cm³/mol. The zero-order valence-corrected chi connectivity index (χ0v) is 15.5. The Morgan fingerprint density at radius 2 is 1.79 bits per heavy atom. The fourth-order valence-electron chi connectivity index (χ4n) is 7.18. The molecule has 2 saturated carbocycles. The van der Waals surface area contributed by atoms with Gasteiger partial charge in [0, 0.05) is 5.41 Å². The summed E-state index contributed by atoms with van der Waals surface area (Å²) in [7, 11) is 0. The summed E-state index contributed by atoms with van der Waals surface area (Å²) in [5, 5.41) is 31.6. The van der Waals surface area contributed by atoms with Gasteiger partial charge in [0.2, 0.25) is 0 Å². The van der Waals surface area contributed by atoms with Gasteiger partial charge in [-0.05, 0) is 82.0 Å². The van der Waals surface area contributed by atoms with Gasteiger partial charge in [-0.3, -0.25) is 0 Å². The van der Waals surface area contributed by atoms with Crippen molar-refractivity contribution in [3.05, 3.63) is 11.1 Å². The third-order valence-electron chi connectivity index (χ3n) is 8.87. The monoisotopic (exact) mass is 334 g/mol. The minimum Gasteiger partial charge on any atom is -0.393 e. The number of hydrogen-bond donors (Lipinski definition) is 3. The van der Waals surface area contributed by atoms with Crippen LogP contribution in [-0.2, 0) is 0 Å². The van der Waals surface area contributed by atoms with Gasteiger partial charge in [-0.25, -0.2) is 0 Å². The van der Waals surface area contributed by atoms with Crippen LogP contribution in [0.1, 0.15) is 78.6 Å². The van der Waals surface area contributed by atoms with Gasteiger partial charge in [0.1, 0.15) is 0 Å². The number of rotatable bonds is 1. The minimum atomic E-state index is -0.934. The van der Waals surface area contributed by atoms with E-state index in [1.165, 1.54) is 6.42 Å². The van der Waals surface area contributed by atoms with E-state index < -0.39 is 11.7 Å². The van der Waals surface area contributed by atoms with E-state index in [-0.39, 0.29) is 16.9 Å². The summed E-state index contributed by atoms with van der Waals surface area (Å²) in [5.74, 6) is 1.06. The zero-order valence-electron chi connectivity index (χ0n) is 15.5. The van der Waals surface area contributed by atoms with E-state index in [0.717, 1.165) is 51.4 Å². The van der Waals surface area contributed by atoms with Gasteiger partial charge in [-0.15, -0.1) is 0 Å². The first kappa shape index (κ1) is 17.1. The maximum atomic E-state index is 11.2. The number of allylic oxidation sites excluding steroid dienone is 2. The Labute approximate surface area is 146 Å². The fraction of sp³-hybridized carbons (Fsp3) is 0.905. The highest BCUT2D eigenvalue weighted by Gasteiger charge is 2.62. The van der Waals surface area contributed by atoms with Crippen LogP contribution >= 0.6 is 0 Å². The first-order valence-electron chi connectivity index (χ1n) is 10.0. The maximum Gasteiger partial charge on any atom is 0.0961 e. The van der Waals surface area contributed by atoms with Gasteiger partial charge in [0.15, 0.2) is 0 Å². The Bertz CT molecular complexity index is 567. The van der Waals surface area contributed by atoms with Crippen LogP contribution in [-0.4, -0.2) is 33.1 Å². The van der Waals surface area contributed by atoms with Gasteiger partial charge < -0.3 is 15.3 Å². The Morgan fingerprint density at radius 3 is 2.50 bits per heavy atom. The van der Waals surface area contributed by atoms with Crippen LogP contribution in [0.4, 0.5) is 0 Å². The first-order chi connectivity index (χ1) is 11.2. The van der Waals surface area contributed by atoms with E-state index in [0.29, 0.717) is 11.8 Å². The van der Waals surface area contributed by atoms with Crippen molar-refractivity contribution in [1.29, 1.82) is 0 Å². The Morgan fingerprint density at radius 1 is 1.04 bits per heavy atom. The van der Waals surface area contributed by atoms with Crippen molar-refractivity contribution in [1.82, 2.24) is 0 Å². The molecule has 0 saturated heterocycles. The molecule has 136 valence electrons. The summed E-state index contributed by atoms with van der Waals surface area (Å²) in [6, 6.07) is 0. The smallest absolute Gasteiger partial charge is 0.0961 e. The lowest BCUT2D eigenvalue weighted by atomic mass is 9.50. The molecule has 4 aliphatic carbocycles. The molecule has 0 bridgehead atoms. The molecule has 24 heavy (non-hydrogen) atoms. The summed E-state index contributed by atoms with van der Waals surface area (Å²) in [5.41, 5.74) is 2.44. The molecule has 3 nitrogen and oxygen atoms in total. The van der Waals surface area contributed by atoms with Gasteiger partial charge in [-0.2, -0.15) is 0 Å². The van der Waals surface area contributed by atoms with E-state index in [1.807, 2.05) is 0 Å². The highest BCUT2D eigenvalue weighted by Crippen LogP contribution is 2.66. The largest absolute Gasteiger partial charge is 0.393 e. The zero-order chi connectivity index (χ0) is 17.3. The Hall–Kier alpha value is -0.380. The van der Waals surface area contributed by atoms with Crippen LogP contribution < -0.4 is 0 Å². The van der Waals surface area contributed by atoms with Crippen LogP contribution in [0.5, 0.6) is 0 Å². The quantitative estimate of drug-likeness (QED) is 0.643. The van der Waals surface area contributed by atoms with Crippen molar-refractivity contribution in [3.8, 4) is 0 Å². The van der Waals surface area contributed by atoms with Crippen molar-refractivity contribution in [3.63, 3.8) is 0 Å². The van der Waals surface area contributed by atoms with E-state index in [1.54, 1.807) is 18.1 Å². The lowest BCUT2D eigenvalue weighted by Gasteiger charge is -2.56. The van der Waals surface area contributed by atoms with Crippen LogP contribution in [0.15, 0.2) is 11.1 Å². The molecule has 3 heteroatoms. The Kier molecular flexibility index (Phi) is 3.77. The molecular weight excluding hydrogens is 300 g/mol. The van der Waals surface area contributed by atoms with E-state index in [4.69, 9.17) is 0 Å². The third kappa shape index (κ3) is 2.01. The lowest BCUT2D eigenvalue weighted by molar-refractivity contribution is -0.143. The summed E-state index contributed by atoms with van der Waals surface area (Å²) < 4.78 is 0. The second-order valence-corrected chi connectivity index (χ2v) is 9.69. The molecule has 0 aliphatic heterocycles. The predicted octanol–water partition coefficient (Wildman–Crippen LogP) is 3.57. The van der Waals surface area contributed by atoms with Crippen molar-refractivity contribution >= 4 is 0 Å². The second kappa shape index (κ2) is 5.31.